The number of aromatic nitrogens is 3. The van der Waals surface area contributed by atoms with Crippen LogP contribution in [0.5, 0.6) is 0 Å². The number of carbonyl (C=O) groups excluding carboxylic acids is 2. The minimum Gasteiger partial charge on any atom is -0.344 e. The normalized spacial score (nSPS) is 10.8. The van der Waals surface area contributed by atoms with Crippen LogP contribution in [-0.2, 0) is 11.8 Å². The Kier molecular flexibility index (Phi) is 5.41. The minimum atomic E-state index is -0.676. The van der Waals surface area contributed by atoms with Crippen molar-refractivity contribution in [3.63, 3.8) is 0 Å². The van der Waals surface area contributed by atoms with Gasteiger partial charge in [-0.15, -0.1) is 0 Å². The number of rotatable bonds is 4. The number of aryl methyl sites for hydroxylation is 1. The number of hydrogen-bond donors (Lipinski definition) is 3. The lowest BCUT2D eigenvalue weighted by molar-refractivity contribution is -0.114. The summed E-state index contributed by atoms with van der Waals surface area (Å²) in [7, 11) is 1.62. The molecular formula is C22H18ClN5O4. The van der Waals surface area contributed by atoms with Crippen LogP contribution in [0.3, 0.4) is 0 Å². The first kappa shape index (κ1) is 21.1. The van der Waals surface area contributed by atoms with E-state index in [0.29, 0.717) is 22.1 Å². The average Bonchev–Trinajstić information content (AvgIpc) is 3.07. The third-order valence-corrected chi connectivity index (χ3v) is 5.07. The van der Waals surface area contributed by atoms with Gasteiger partial charge in [0.25, 0.3) is 11.5 Å². The quantitative estimate of drug-likeness (QED) is 0.442. The Morgan fingerprint density at radius 1 is 0.938 bits per heavy atom. The summed E-state index contributed by atoms with van der Waals surface area (Å²) < 4.78 is 2.48. The van der Waals surface area contributed by atoms with Crippen LogP contribution in [0.4, 0.5) is 11.4 Å². The lowest BCUT2D eigenvalue weighted by Gasteiger charge is -2.07. The predicted molar refractivity (Wildman–Crippen MR) is 123 cm³/mol. The first-order valence-electron chi connectivity index (χ1n) is 9.54. The molecular weight excluding hydrogens is 434 g/mol. The van der Waals surface area contributed by atoms with Crippen molar-refractivity contribution in [2.75, 3.05) is 10.6 Å². The molecule has 2 heterocycles. The zero-order chi connectivity index (χ0) is 23.0. The van der Waals surface area contributed by atoms with Crippen LogP contribution in [0.2, 0.25) is 5.02 Å². The van der Waals surface area contributed by atoms with Crippen molar-refractivity contribution in [1.29, 1.82) is 0 Å². The number of nitrogens with zero attached hydrogens (tertiary/aromatic N) is 2. The molecule has 0 aliphatic rings. The van der Waals surface area contributed by atoms with Gasteiger partial charge in [-0.2, -0.15) is 0 Å². The lowest BCUT2D eigenvalue weighted by atomic mass is 10.2. The van der Waals surface area contributed by atoms with Crippen molar-refractivity contribution in [3.05, 3.63) is 86.2 Å². The van der Waals surface area contributed by atoms with Crippen LogP contribution in [-0.4, -0.2) is 25.9 Å². The summed E-state index contributed by atoms with van der Waals surface area (Å²) in [5, 5.41) is 5.84. The highest BCUT2D eigenvalue weighted by Gasteiger charge is 2.20. The molecule has 0 radical (unpaired) electrons. The molecule has 4 aromatic rings. The SMILES string of the molecule is CC(=O)Nc1ccc(NC(=O)c2cn(C)c3c(=O)n(-c4ccc(Cl)cc4)c(=O)[nH]c23)cc1. The number of halogens is 1. The van der Waals surface area contributed by atoms with E-state index < -0.39 is 17.2 Å². The van der Waals surface area contributed by atoms with Gasteiger partial charge in [-0.3, -0.25) is 14.4 Å². The zero-order valence-electron chi connectivity index (χ0n) is 17.1. The van der Waals surface area contributed by atoms with Crippen molar-refractivity contribution in [2.45, 2.75) is 6.92 Å². The van der Waals surface area contributed by atoms with Crippen molar-refractivity contribution in [1.82, 2.24) is 14.1 Å². The largest absolute Gasteiger partial charge is 0.344 e. The van der Waals surface area contributed by atoms with Crippen LogP contribution in [0, 0.1) is 0 Å². The van der Waals surface area contributed by atoms with E-state index in [1.807, 2.05) is 0 Å². The number of anilines is 2. The van der Waals surface area contributed by atoms with Gasteiger partial charge in [-0.05, 0) is 48.5 Å². The molecule has 32 heavy (non-hydrogen) atoms. The van der Waals surface area contributed by atoms with Crippen LogP contribution in [0.15, 0.2) is 64.3 Å². The van der Waals surface area contributed by atoms with E-state index in [4.69, 9.17) is 11.6 Å². The molecule has 0 saturated carbocycles. The second kappa shape index (κ2) is 8.20. The Bertz CT molecular complexity index is 1460. The molecule has 9 nitrogen and oxygen atoms in total. The number of amides is 2. The summed E-state index contributed by atoms with van der Waals surface area (Å²) in [4.78, 5) is 52.5. The van der Waals surface area contributed by atoms with Crippen molar-refractivity contribution < 1.29 is 9.59 Å². The summed E-state index contributed by atoms with van der Waals surface area (Å²) in [6.45, 7) is 1.40. The van der Waals surface area contributed by atoms with E-state index >= 15 is 0 Å². The number of benzene rings is 2. The second-order valence-electron chi connectivity index (χ2n) is 7.14. The molecule has 2 amide bonds. The molecule has 4 rings (SSSR count). The van der Waals surface area contributed by atoms with Gasteiger partial charge in [0.15, 0.2) is 0 Å². The van der Waals surface area contributed by atoms with Gasteiger partial charge >= 0.3 is 5.69 Å². The van der Waals surface area contributed by atoms with Crippen LogP contribution in [0.25, 0.3) is 16.7 Å². The molecule has 162 valence electrons. The van der Waals surface area contributed by atoms with E-state index in [2.05, 4.69) is 15.6 Å². The summed E-state index contributed by atoms with van der Waals surface area (Å²) in [5.41, 5.74) is 0.647. The predicted octanol–water partition coefficient (Wildman–Crippen LogP) is 2.88. The highest BCUT2D eigenvalue weighted by Crippen LogP contribution is 2.19. The fourth-order valence-electron chi connectivity index (χ4n) is 3.41. The molecule has 2 aromatic carbocycles. The average molecular weight is 452 g/mol. The van der Waals surface area contributed by atoms with Gasteiger partial charge in [0.1, 0.15) is 5.52 Å². The molecule has 0 aliphatic heterocycles. The number of H-pyrrole nitrogens is 1. The maximum atomic E-state index is 13.1. The number of carbonyl (C=O) groups is 2. The maximum absolute atomic E-state index is 13.1. The van der Waals surface area contributed by atoms with E-state index in [-0.39, 0.29) is 22.5 Å². The fourth-order valence-corrected chi connectivity index (χ4v) is 3.53. The monoisotopic (exact) mass is 451 g/mol. The third kappa shape index (κ3) is 3.93. The summed E-state index contributed by atoms with van der Waals surface area (Å²) in [5.74, 6) is -0.701. The zero-order valence-corrected chi connectivity index (χ0v) is 17.9. The first-order chi connectivity index (χ1) is 15.2. The van der Waals surface area contributed by atoms with Crippen LogP contribution >= 0.6 is 11.6 Å². The number of aromatic amines is 1. The maximum Gasteiger partial charge on any atom is 0.333 e. The molecule has 0 saturated heterocycles. The molecule has 0 bridgehead atoms. The topological polar surface area (TPSA) is 118 Å². The Morgan fingerprint density at radius 2 is 1.53 bits per heavy atom. The Balaban J connectivity index is 1.72. The van der Waals surface area contributed by atoms with Gasteiger partial charge in [0, 0.05) is 36.6 Å². The van der Waals surface area contributed by atoms with E-state index in [1.54, 1.807) is 55.6 Å². The smallest absolute Gasteiger partial charge is 0.333 e. The van der Waals surface area contributed by atoms with Crippen LogP contribution in [0.1, 0.15) is 17.3 Å². The molecule has 0 fully saturated rings. The summed E-state index contributed by atoms with van der Waals surface area (Å²) in [6, 6.07) is 12.8. The molecule has 0 spiro atoms. The molecule has 3 N–H and O–H groups in total. The Morgan fingerprint density at radius 3 is 2.12 bits per heavy atom. The first-order valence-corrected chi connectivity index (χ1v) is 9.91. The van der Waals surface area contributed by atoms with Crippen molar-refractivity contribution in [3.8, 4) is 5.69 Å². The fraction of sp³-hybridized carbons (Fsp3) is 0.0909. The highest BCUT2D eigenvalue weighted by molar-refractivity contribution is 6.30. The molecule has 0 atom stereocenters. The molecule has 10 heteroatoms. The molecule has 0 unspecified atom stereocenters. The number of nitrogens with one attached hydrogen (secondary N) is 3. The second-order valence-corrected chi connectivity index (χ2v) is 7.57. The lowest BCUT2D eigenvalue weighted by Crippen LogP contribution is -2.34. The Labute approximate surface area is 186 Å². The van der Waals surface area contributed by atoms with Gasteiger partial charge in [-0.1, -0.05) is 11.6 Å². The summed E-state index contributed by atoms with van der Waals surface area (Å²) >= 11 is 5.89. The minimum absolute atomic E-state index is 0.139. The van der Waals surface area contributed by atoms with Gasteiger partial charge < -0.3 is 20.2 Å². The van der Waals surface area contributed by atoms with Crippen LogP contribution < -0.4 is 21.9 Å². The van der Waals surface area contributed by atoms with E-state index in [0.717, 1.165) is 4.57 Å². The Hall–Kier alpha value is -4.11. The van der Waals surface area contributed by atoms with Crippen molar-refractivity contribution in [2.24, 2.45) is 7.05 Å². The number of hydrogen-bond acceptors (Lipinski definition) is 4. The molecule has 2 aromatic heterocycles. The standard InChI is InChI=1S/C22H18ClN5O4/c1-12(29)24-14-5-7-15(8-6-14)25-20(30)17-11-27(2)19-18(17)26-22(32)28(21(19)31)16-9-3-13(23)4-10-16/h3-11H,1-2H3,(H,24,29)(H,25,30)(H,26,32). The van der Waals surface area contributed by atoms with E-state index in [1.165, 1.54) is 17.7 Å². The van der Waals surface area contributed by atoms with Gasteiger partial charge in [0.05, 0.1) is 16.8 Å². The molecule has 0 aliphatic carbocycles. The summed E-state index contributed by atoms with van der Waals surface area (Å²) in [6.07, 6.45) is 1.48. The highest BCUT2D eigenvalue weighted by atomic mass is 35.5. The van der Waals surface area contributed by atoms with Gasteiger partial charge in [0.2, 0.25) is 5.91 Å². The number of fused-ring (bicyclic) bond motifs is 1. The van der Waals surface area contributed by atoms with Gasteiger partial charge in [-0.25, -0.2) is 9.36 Å². The third-order valence-electron chi connectivity index (χ3n) is 4.81. The van der Waals surface area contributed by atoms with E-state index in [9.17, 15) is 19.2 Å². The van der Waals surface area contributed by atoms with Crippen molar-refractivity contribution >= 4 is 45.8 Å².